The van der Waals surface area contributed by atoms with Crippen molar-refractivity contribution in [3.63, 3.8) is 0 Å². The molecule has 3 atom stereocenters. The van der Waals surface area contributed by atoms with Gasteiger partial charge in [-0.1, -0.05) is 32.6 Å². The number of ether oxygens (including phenoxy) is 1. The van der Waals surface area contributed by atoms with E-state index >= 15 is 0 Å². The Bertz CT molecular complexity index is 238. The number of rotatable bonds is 4. The van der Waals surface area contributed by atoms with Crippen LogP contribution in [0.3, 0.4) is 0 Å². The van der Waals surface area contributed by atoms with Gasteiger partial charge in [-0.2, -0.15) is 0 Å². The first kappa shape index (κ1) is 13.3. The molecule has 0 bridgehead atoms. The Morgan fingerprint density at radius 1 is 1.24 bits per heavy atom. The lowest BCUT2D eigenvalue weighted by Crippen LogP contribution is -2.57. The molecule has 2 rings (SSSR count). The largest absolute Gasteiger partial charge is 0.377 e. The number of hydrogen-bond donors (Lipinski definition) is 2. The van der Waals surface area contributed by atoms with Crippen molar-refractivity contribution < 1.29 is 4.74 Å². The van der Waals surface area contributed by atoms with E-state index in [4.69, 9.17) is 10.6 Å². The predicted octanol–water partition coefficient (Wildman–Crippen LogP) is 2.60. The van der Waals surface area contributed by atoms with E-state index in [0.29, 0.717) is 12.0 Å². The first-order chi connectivity index (χ1) is 8.22. The van der Waals surface area contributed by atoms with Gasteiger partial charge in [-0.05, 0) is 37.5 Å². The fourth-order valence-corrected chi connectivity index (χ4v) is 4.12. The zero-order valence-electron chi connectivity index (χ0n) is 11.4. The van der Waals surface area contributed by atoms with Crippen molar-refractivity contribution in [1.82, 2.24) is 5.43 Å². The fourth-order valence-electron chi connectivity index (χ4n) is 4.12. The second-order valence-corrected chi connectivity index (χ2v) is 6.15. The van der Waals surface area contributed by atoms with Gasteiger partial charge in [0, 0.05) is 7.11 Å². The van der Waals surface area contributed by atoms with Crippen LogP contribution in [0.5, 0.6) is 0 Å². The highest BCUT2D eigenvalue weighted by atomic mass is 16.5. The average Bonchev–Trinajstić information content (AvgIpc) is 2.80. The Labute approximate surface area is 105 Å². The number of hydrogen-bond acceptors (Lipinski definition) is 3. The van der Waals surface area contributed by atoms with Gasteiger partial charge >= 0.3 is 0 Å². The monoisotopic (exact) mass is 240 g/mol. The molecule has 3 N–H and O–H groups in total. The van der Waals surface area contributed by atoms with Gasteiger partial charge in [0.15, 0.2) is 0 Å². The van der Waals surface area contributed by atoms with Gasteiger partial charge in [0.25, 0.3) is 0 Å². The quantitative estimate of drug-likeness (QED) is 0.586. The molecule has 2 aliphatic carbocycles. The molecule has 0 radical (unpaired) electrons. The molecule has 0 aromatic rings. The van der Waals surface area contributed by atoms with E-state index in [1.54, 1.807) is 0 Å². The Kier molecular flexibility index (Phi) is 4.45. The van der Waals surface area contributed by atoms with Gasteiger partial charge in [-0.3, -0.25) is 11.3 Å². The molecule has 0 aromatic carbocycles. The maximum absolute atomic E-state index is 5.90. The molecule has 3 unspecified atom stereocenters. The minimum absolute atomic E-state index is 0.0104. The molecule has 2 aliphatic rings. The van der Waals surface area contributed by atoms with Crippen LogP contribution < -0.4 is 11.3 Å². The highest BCUT2D eigenvalue weighted by molar-refractivity contribution is 5.00. The molecule has 3 nitrogen and oxygen atoms in total. The Balaban J connectivity index is 2.08. The summed E-state index contributed by atoms with van der Waals surface area (Å²) < 4.78 is 5.90. The van der Waals surface area contributed by atoms with E-state index in [1.165, 1.54) is 51.4 Å². The van der Waals surface area contributed by atoms with Gasteiger partial charge in [-0.15, -0.1) is 0 Å². The van der Waals surface area contributed by atoms with Crippen LogP contribution in [0.2, 0.25) is 0 Å². The van der Waals surface area contributed by atoms with E-state index in [2.05, 4.69) is 12.3 Å². The Hall–Kier alpha value is -0.120. The third kappa shape index (κ3) is 2.67. The number of nitrogens with two attached hydrogens (primary N) is 1. The first-order valence-electron chi connectivity index (χ1n) is 7.23. The molecule has 2 saturated carbocycles. The zero-order valence-corrected chi connectivity index (χ0v) is 11.4. The van der Waals surface area contributed by atoms with E-state index < -0.39 is 0 Å². The summed E-state index contributed by atoms with van der Waals surface area (Å²) in [5.41, 5.74) is 3.11. The van der Waals surface area contributed by atoms with Crippen LogP contribution in [0.1, 0.15) is 58.3 Å². The third-order valence-electron chi connectivity index (χ3n) is 5.05. The second-order valence-electron chi connectivity index (χ2n) is 6.15. The SMILES string of the molecule is COC1(C(NN)C2CCCC(C)C2)CCCC1. The van der Waals surface area contributed by atoms with Crippen LogP contribution in [0.25, 0.3) is 0 Å². The molecule has 2 fully saturated rings. The molecule has 0 spiro atoms. The topological polar surface area (TPSA) is 47.3 Å². The zero-order chi connectivity index (χ0) is 12.3. The maximum atomic E-state index is 5.90. The summed E-state index contributed by atoms with van der Waals surface area (Å²) in [7, 11) is 1.86. The van der Waals surface area contributed by atoms with Crippen LogP contribution >= 0.6 is 0 Å². The minimum atomic E-state index is 0.0104. The highest BCUT2D eigenvalue weighted by Gasteiger charge is 2.45. The predicted molar refractivity (Wildman–Crippen MR) is 70.4 cm³/mol. The van der Waals surface area contributed by atoms with Gasteiger partial charge in [-0.25, -0.2) is 0 Å². The molecular weight excluding hydrogens is 212 g/mol. The summed E-state index contributed by atoms with van der Waals surface area (Å²) in [6, 6.07) is 0.345. The van der Waals surface area contributed by atoms with Crippen molar-refractivity contribution in [3.8, 4) is 0 Å². The highest BCUT2D eigenvalue weighted by Crippen LogP contribution is 2.42. The van der Waals surface area contributed by atoms with Gasteiger partial charge in [0.05, 0.1) is 11.6 Å². The molecule has 0 aromatic heterocycles. The normalized spacial score (nSPS) is 34.8. The molecule has 0 heterocycles. The van der Waals surface area contributed by atoms with Crippen molar-refractivity contribution in [2.75, 3.05) is 7.11 Å². The average molecular weight is 240 g/mol. The van der Waals surface area contributed by atoms with Gasteiger partial charge in [0.1, 0.15) is 0 Å². The van der Waals surface area contributed by atoms with Crippen LogP contribution in [-0.4, -0.2) is 18.8 Å². The summed E-state index contributed by atoms with van der Waals surface area (Å²) in [6.45, 7) is 2.37. The molecule has 0 amide bonds. The maximum Gasteiger partial charge on any atom is 0.0847 e. The third-order valence-corrected chi connectivity index (χ3v) is 5.05. The van der Waals surface area contributed by atoms with Gasteiger partial charge in [0.2, 0.25) is 0 Å². The van der Waals surface area contributed by atoms with E-state index in [9.17, 15) is 0 Å². The van der Waals surface area contributed by atoms with Crippen molar-refractivity contribution >= 4 is 0 Å². The van der Waals surface area contributed by atoms with Crippen LogP contribution in [-0.2, 0) is 4.74 Å². The Morgan fingerprint density at radius 2 is 1.94 bits per heavy atom. The Morgan fingerprint density at radius 3 is 2.47 bits per heavy atom. The smallest absolute Gasteiger partial charge is 0.0847 e. The molecule has 100 valence electrons. The van der Waals surface area contributed by atoms with E-state index in [0.717, 1.165) is 5.92 Å². The van der Waals surface area contributed by atoms with Crippen LogP contribution in [0.4, 0.5) is 0 Å². The standard InChI is InChI=1S/C14H28N2O/c1-11-6-5-7-12(10-11)13(16-15)14(17-2)8-3-4-9-14/h11-13,16H,3-10,15H2,1-2H3. The molecular formula is C14H28N2O. The molecule has 3 heteroatoms. The number of nitrogens with one attached hydrogen (secondary N) is 1. The van der Waals surface area contributed by atoms with Crippen molar-refractivity contribution in [2.24, 2.45) is 17.7 Å². The van der Waals surface area contributed by atoms with Crippen molar-refractivity contribution in [2.45, 2.75) is 69.9 Å². The minimum Gasteiger partial charge on any atom is -0.377 e. The second kappa shape index (κ2) is 5.68. The lowest BCUT2D eigenvalue weighted by molar-refractivity contribution is -0.0587. The molecule has 0 aliphatic heterocycles. The summed E-state index contributed by atoms with van der Waals surface area (Å²) in [5.74, 6) is 7.40. The summed E-state index contributed by atoms with van der Waals surface area (Å²) in [4.78, 5) is 0. The lowest BCUT2D eigenvalue weighted by atomic mass is 9.73. The van der Waals surface area contributed by atoms with Gasteiger partial charge < -0.3 is 4.74 Å². The molecule has 17 heavy (non-hydrogen) atoms. The summed E-state index contributed by atoms with van der Waals surface area (Å²) in [6.07, 6.45) is 10.3. The number of hydrazine groups is 1. The fraction of sp³-hybridized carbons (Fsp3) is 1.00. The van der Waals surface area contributed by atoms with Crippen LogP contribution in [0, 0.1) is 11.8 Å². The van der Waals surface area contributed by atoms with Crippen molar-refractivity contribution in [3.05, 3.63) is 0 Å². The summed E-state index contributed by atoms with van der Waals surface area (Å²) in [5, 5.41) is 0. The van der Waals surface area contributed by atoms with Crippen LogP contribution in [0.15, 0.2) is 0 Å². The first-order valence-corrected chi connectivity index (χ1v) is 7.23. The number of methoxy groups -OCH3 is 1. The van der Waals surface area contributed by atoms with Crippen molar-refractivity contribution in [1.29, 1.82) is 0 Å². The molecule has 0 saturated heterocycles. The van der Waals surface area contributed by atoms with E-state index in [1.807, 2.05) is 7.11 Å². The van der Waals surface area contributed by atoms with E-state index in [-0.39, 0.29) is 5.60 Å². The lowest BCUT2D eigenvalue weighted by Gasteiger charge is -2.43. The summed E-state index contributed by atoms with van der Waals surface area (Å²) >= 11 is 0.